The number of carbonyl (C=O) groups is 1. The van der Waals surface area contributed by atoms with Gasteiger partial charge in [0.25, 0.3) is 9.28 Å². The molecular formula is C19H44O4Si3. The van der Waals surface area contributed by atoms with Gasteiger partial charge in [0.05, 0.1) is 5.92 Å². The molecule has 1 aliphatic carbocycles. The van der Waals surface area contributed by atoms with E-state index in [0.717, 1.165) is 25.7 Å². The van der Waals surface area contributed by atoms with E-state index in [1.54, 1.807) is 0 Å². The third-order valence-electron chi connectivity index (χ3n) is 4.24. The molecule has 0 aromatic carbocycles. The minimum Gasteiger partial charge on any atom is -0.481 e. The van der Waals surface area contributed by atoms with Crippen molar-refractivity contribution < 1.29 is 18.1 Å². The standard InChI is InChI=1S/C12H22O2.C7H22O2Si3/c13-12(14)11-9-7-5-3-1-2-4-6-8-10-11;1-10(8-11(2,3)4)9-12(5,6)7/h11H,1-10H2,(H,13,14);10H,1-7H3. The second-order valence-electron chi connectivity index (χ2n) is 9.47. The molecule has 7 heteroatoms. The Labute approximate surface area is 166 Å². The van der Waals surface area contributed by atoms with Crippen LogP contribution in [0, 0.1) is 5.92 Å². The van der Waals surface area contributed by atoms with Gasteiger partial charge in [0.15, 0.2) is 16.6 Å². The summed E-state index contributed by atoms with van der Waals surface area (Å²) in [5, 5.41) is 8.99. The average molecular weight is 421 g/mol. The highest BCUT2D eigenvalue weighted by Crippen LogP contribution is 2.21. The Morgan fingerprint density at radius 3 is 1.35 bits per heavy atom. The maximum absolute atomic E-state index is 10.9. The Bertz CT molecular complexity index is 350. The first-order valence-corrected chi connectivity index (χ1v) is 19.4. The van der Waals surface area contributed by atoms with E-state index in [1.807, 2.05) is 0 Å². The topological polar surface area (TPSA) is 55.8 Å². The third kappa shape index (κ3) is 17.5. The van der Waals surface area contributed by atoms with Crippen LogP contribution < -0.4 is 0 Å². The fraction of sp³-hybridized carbons (Fsp3) is 0.947. The van der Waals surface area contributed by atoms with Crippen molar-refractivity contribution >= 4 is 31.9 Å². The van der Waals surface area contributed by atoms with Gasteiger partial charge < -0.3 is 13.3 Å². The lowest BCUT2D eigenvalue weighted by molar-refractivity contribution is -0.142. The first-order valence-electron chi connectivity index (χ1n) is 10.5. The van der Waals surface area contributed by atoms with E-state index in [9.17, 15) is 4.79 Å². The van der Waals surface area contributed by atoms with Crippen LogP contribution in [0.5, 0.6) is 0 Å². The molecule has 1 aliphatic rings. The summed E-state index contributed by atoms with van der Waals surface area (Å²) in [7, 11) is -4.05. The fourth-order valence-corrected chi connectivity index (χ4v) is 11.8. The van der Waals surface area contributed by atoms with Crippen LogP contribution in [0.15, 0.2) is 0 Å². The maximum atomic E-state index is 10.9. The van der Waals surface area contributed by atoms with Crippen molar-refractivity contribution in [2.75, 3.05) is 0 Å². The van der Waals surface area contributed by atoms with E-state index in [0.29, 0.717) is 0 Å². The Morgan fingerprint density at radius 2 is 1.08 bits per heavy atom. The van der Waals surface area contributed by atoms with Crippen molar-refractivity contribution in [1.29, 1.82) is 0 Å². The summed E-state index contributed by atoms with van der Waals surface area (Å²) in [5.74, 6) is -0.641. The smallest absolute Gasteiger partial charge is 0.306 e. The molecule has 1 fully saturated rings. The van der Waals surface area contributed by atoms with E-state index in [-0.39, 0.29) is 5.92 Å². The van der Waals surface area contributed by atoms with Gasteiger partial charge in [0.1, 0.15) is 0 Å². The number of carboxylic acid groups (broad SMARTS) is 1. The van der Waals surface area contributed by atoms with Crippen LogP contribution in [0.3, 0.4) is 0 Å². The molecule has 0 aliphatic heterocycles. The highest BCUT2D eigenvalue weighted by atomic mass is 28.4. The molecule has 1 N–H and O–H groups in total. The summed E-state index contributed by atoms with van der Waals surface area (Å²) in [6, 6.07) is 0. The zero-order chi connectivity index (χ0) is 20.2. The van der Waals surface area contributed by atoms with Gasteiger partial charge in [0, 0.05) is 0 Å². The predicted molar refractivity (Wildman–Crippen MR) is 119 cm³/mol. The van der Waals surface area contributed by atoms with Gasteiger partial charge in [-0.3, -0.25) is 4.79 Å². The molecule has 0 radical (unpaired) electrons. The molecule has 0 saturated heterocycles. The zero-order valence-electron chi connectivity index (χ0n) is 18.4. The van der Waals surface area contributed by atoms with E-state index >= 15 is 0 Å². The Morgan fingerprint density at radius 1 is 0.769 bits per heavy atom. The summed E-state index contributed by atoms with van der Waals surface area (Å²) >= 11 is 0. The molecule has 0 amide bonds. The minimum atomic E-state index is -1.36. The molecule has 1 saturated carbocycles. The maximum Gasteiger partial charge on any atom is 0.306 e. The van der Waals surface area contributed by atoms with Gasteiger partial charge in [-0.05, 0) is 58.7 Å². The largest absolute Gasteiger partial charge is 0.481 e. The molecule has 0 unspecified atom stereocenters. The number of rotatable bonds is 5. The molecule has 26 heavy (non-hydrogen) atoms. The van der Waals surface area contributed by atoms with E-state index in [1.165, 1.54) is 38.5 Å². The lowest BCUT2D eigenvalue weighted by atomic mass is 9.96. The second kappa shape index (κ2) is 13.3. The van der Waals surface area contributed by atoms with Crippen LogP contribution in [-0.2, 0) is 13.0 Å². The van der Waals surface area contributed by atoms with Crippen molar-refractivity contribution in [2.24, 2.45) is 5.92 Å². The van der Waals surface area contributed by atoms with Crippen LogP contribution in [0.4, 0.5) is 0 Å². The normalized spacial score (nSPS) is 18.6. The van der Waals surface area contributed by atoms with Gasteiger partial charge in [-0.25, -0.2) is 0 Å². The van der Waals surface area contributed by atoms with Crippen LogP contribution in [-0.4, -0.2) is 37.0 Å². The van der Waals surface area contributed by atoms with Crippen LogP contribution in [0.2, 0.25) is 45.8 Å². The third-order valence-corrected chi connectivity index (χ3v) is 12.6. The lowest BCUT2D eigenvalue weighted by Gasteiger charge is -2.28. The second-order valence-corrected chi connectivity index (χ2v) is 20.9. The van der Waals surface area contributed by atoms with Gasteiger partial charge in [-0.15, -0.1) is 0 Å². The van der Waals surface area contributed by atoms with Crippen molar-refractivity contribution in [3.05, 3.63) is 0 Å². The lowest BCUT2D eigenvalue weighted by Crippen LogP contribution is -2.41. The summed E-state index contributed by atoms with van der Waals surface area (Å²) < 4.78 is 11.8. The van der Waals surface area contributed by atoms with Crippen molar-refractivity contribution in [3.63, 3.8) is 0 Å². The number of carboxylic acids is 1. The van der Waals surface area contributed by atoms with E-state index in [2.05, 4.69) is 45.8 Å². The Kier molecular flexibility index (Phi) is 13.3. The molecule has 1 rings (SSSR count). The quantitative estimate of drug-likeness (QED) is 0.542. The average Bonchev–Trinajstić information content (AvgIpc) is 2.48. The molecule has 0 spiro atoms. The molecule has 4 nitrogen and oxygen atoms in total. The SMILES string of the molecule is C[SiH](O[Si](C)(C)C)O[Si](C)(C)C.O=C(O)C1CCCCCCCCCC1. The predicted octanol–water partition coefficient (Wildman–Crippen LogP) is 6.14. The summed E-state index contributed by atoms with van der Waals surface area (Å²) in [5.41, 5.74) is 0. The zero-order valence-corrected chi connectivity index (χ0v) is 21.6. The molecule has 0 aromatic heterocycles. The first kappa shape index (κ1) is 26.0. The highest BCUT2D eigenvalue weighted by Gasteiger charge is 2.24. The van der Waals surface area contributed by atoms with Crippen molar-refractivity contribution in [1.82, 2.24) is 0 Å². The minimum absolute atomic E-state index is 0.0619. The first-order chi connectivity index (χ1) is 11.9. The summed E-state index contributed by atoms with van der Waals surface area (Å²) in [6.45, 7) is 15.4. The molecule has 0 aromatic rings. The Balaban J connectivity index is 0.000000488. The molecule has 0 bridgehead atoms. The van der Waals surface area contributed by atoms with Crippen molar-refractivity contribution in [2.45, 2.75) is 110 Å². The Hall–Kier alpha value is 0.0406. The molecule has 156 valence electrons. The number of hydrogen-bond donors (Lipinski definition) is 1. The molecule has 0 atom stereocenters. The van der Waals surface area contributed by atoms with Gasteiger partial charge in [0.2, 0.25) is 0 Å². The van der Waals surface area contributed by atoms with E-state index < -0.39 is 31.9 Å². The van der Waals surface area contributed by atoms with Gasteiger partial charge in [-0.1, -0.05) is 51.4 Å². The summed E-state index contributed by atoms with van der Waals surface area (Å²) in [6.07, 6.45) is 11.8. The molecular weight excluding hydrogens is 376 g/mol. The van der Waals surface area contributed by atoms with Crippen LogP contribution in [0.1, 0.15) is 64.2 Å². The van der Waals surface area contributed by atoms with Crippen LogP contribution in [0.25, 0.3) is 0 Å². The monoisotopic (exact) mass is 420 g/mol. The molecule has 0 heterocycles. The van der Waals surface area contributed by atoms with Gasteiger partial charge in [-0.2, -0.15) is 0 Å². The highest BCUT2D eigenvalue weighted by molar-refractivity contribution is 6.80. The fourth-order valence-electron chi connectivity index (χ4n) is 3.25. The number of hydrogen-bond acceptors (Lipinski definition) is 3. The van der Waals surface area contributed by atoms with Gasteiger partial charge >= 0.3 is 5.97 Å². The van der Waals surface area contributed by atoms with E-state index in [4.69, 9.17) is 13.3 Å². The van der Waals surface area contributed by atoms with Crippen LogP contribution >= 0.6 is 0 Å². The summed E-state index contributed by atoms with van der Waals surface area (Å²) in [4.78, 5) is 10.9. The number of aliphatic carboxylic acids is 1. The van der Waals surface area contributed by atoms with Crippen molar-refractivity contribution in [3.8, 4) is 0 Å².